The summed E-state index contributed by atoms with van der Waals surface area (Å²) in [6, 6.07) is 1.85. The zero-order valence-electron chi connectivity index (χ0n) is 16.3. The zero-order chi connectivity index (χ0) is 20.0. The predicted molar refractivity (Wildman–Crippen MR) is 109 cm³/mol. The van der Waals surface area contributed by atoms with E-state index < -0.39 is 10.0 Å². The number of hydrogen-bond acceptors (Lipinski definition) is 5. The lowest BCUT2D eigenvalue weighted by Gasteiger charge is -2.18. The molecule has 0 spiro atoms. The van der Waals surface area contributed by atoms with E-state index in [1.807, 2.05) is 25.7 Å². The van der Waals surface area contributed by atoms with Crippen molar-refractivity contribution >= 4 is 33.2 Å². The summed E-state index contributed by atoms with van der Waals surface area (Å²) in [7, 11) is -1.83. The summed E-state index contributed by atoms with van der Waals surface area (Å²) in [4.78, 5) is 19.9. The van der Waals surface area contributed by atoms with Crippen LogP contribution in [0.25, 0.3) is 0 Å². The topological polar surface area (TPSA) is 103 Å². The van der Waals surface area contributed by atoms with E-state index in [9.17, 15) is 13.2 Å². The Balaban J connectivity index is 1.77. The van der Waals surface area contributed by atoms with Crippen LogP contribution in [0.5, 0.6) is 0 Å². The van der Waals surface area contributed by atoms with Gasteiger partial charge in [0.05, 0.1) is 4.90 Å². The van der Waals surface area contributed by atoms with Crippen molar-refractivity contribution in [3.05, 3.63) is 15.8 Å². The molecule has 8 nitrogen and oxygen atoms in total. The Bertz CT molecular complexity index is 788. The molecule has 3 N–H and O–H groups in total. The van der Waals surface area contributed by atoms with Gasteiger partial charge in [-0.25, -0.2) is 13.1 Å². The average Bonchev–Trinajstić information content (AvgIpc) is 3.23. The first kappa shape index (κ1) is 21.6. The molecule has 1 aromatic rings. The molecule has 0 aromatic carbocycles. The number of nitrogens with one attached hydrogen (secondary N) is 3. The van der Waals surface area contributed by atoms with Gasteiger partial charge >= 0.3 is 0 Å². The minimum atomic E-state index is -3.50. The first-order valence-electron chi connectivity index (χ1n) is 9.08. The van der Waals surface area contributed by atoms with E-state index in [0.717, 1.165) is 22.7 Å². The third kappa shape index (κ3) is 5.91. The van der Waals surface area contributed by atoms with Gasteiger partial charge in [-0.3, -0.25) is 9.79 Å². The standard InChI is InChI=1S/C17H29N5O3S2/c1-5-16(23)22-9-6-14(11-22)21-17(18-4)19-7-8-20-27(24,25)15-10-12(2)26-13(15)3/h10,14,20H,5-9,11H2,1-4H3,(H2,18,19,21). The molecule has 0 aliphatic carbocycles. The molecular weight excluding hydrogens is 386 g/mol. The van der Waals surface area contributed by atoms with Crippen molar-refractivity contribution in [2.24, 2.45) is 4.99 Å². The molecule has 2 rings (SSSR count). The average molecular weight is 416 g/mol. The highest BCUT2D eigenvalue weighted by molar-refractivity contribution is 7.89. The van der Waals surface area contributed by atoms with E-state index in [1.54, 1.807) is 13.1 Å². The molecule has 0 radical (unpaired) electrons. The summed E-state index contributed by atoms with van der Waals surface area (Å²) in [5.41, 5.74) is 0. The predicted octanol–water partition coefficient (Wildman–Crippen LogP) is 0.819. The summed E-state index contributed by atoms with van der Waals surface area (Å²) in [5.74, 6) is 0.767. The number of carbonyl (C=O) groups is 1. The van der Waals surface area contributed by atoms with Crippen molar-refractivity contribution in [2.75, 3.05) is 33.2 Å². The Morgan fingerprint density at radius 1 is 1.37 bits per heavy atom. The van der Waals surface area contributed by atoms with Crippen LogP contribution in [0, 0.1) is 13.8 Å². The quantitative estimate of drug-likeness (QED) is 0.348. The number of hydrogen-bond donors (Lipinski definition) is 3. The maximum atomic E-state index is 12.4. The van der Waals surface area contributed by atoms with E-state index in [1.165, 1.54) is 11.3 Å². The summed E-state index contributed by atoms with van der Waals surface area (Å²) < 4.78 is 27.4. The van der Waals surface area contributed by atoms with E-state index in [4.69, 9.17) is 0 Å². The molecule has 27 heavy (non-hydrogen) atoms. The molecule has 1 amide bonds. The van der Waals surface area contributed by atoms with Crippen LogP contribution in [0.1, 0.15) is 29.5 Å². The van der Waals surface area contributed by atoms with Crippen LogP contribution in [-0.4, -0.2) is 64.5 Å². The third-order valence-corrected chi connectivity index (χ3v) is 7.08. The SMILES string of the molecule is CCC(=O)N1CCC(NC(=NC)NCCNS(=O)(=O)c2cc(C)sc2C)C1. The maximum absolute atomic E-state index is 12.4. The molecular formula is C17H29N5O3S2. The molecule has 152 valence electrons. The monoisotopic (exact) mass is 415 g/mol. The summed E-state index contributed by atoms with van der Waals surface area (Å²) >= 11 is 1.47. The molecule has 1 fully saturated rings. The molecule has 2 heterocycles. The molecule has 1 unspecified atom stereocenters. The second kappa shape index (κ2) is 9.52. The fourth-order valence-corrected chi connectivity index (χ4v) is 5.62. The Hall–Kier alpha value is -1.65. The van der Waals surface area contributed by atoms with E-state index in [2.05, 4.69) is 20.3 Å². The van der Waals surface area contributed by atoms with E-state index >= 15 is 0 Å². The number of amides is 1. The van der Waals surface area contributed by atoms with Gasteiger partial charge in [-0.2, -0.15) is 0 Å². The highest BCUT2D eigenvalue weighted by atomic mass is 32.2. The number of likely N-dealkylation sites (tertiary alicyclic amines) is 1. The van der Waals surface area contributed by atoms with Gasteiger partial charge in [0, 0.05) is 55.4 Å². The molecule has 1 aromatic heterocycles. The fourth-order valence-electron chi connectivity index (χ4n) is 3.03. The molecule has 1 saturated heterocycles. The maximum Gasteiger partial charge on any atom is 0.241 e. The molecule has 1 aliphatic heterocycles. The second-order valence-corrected chi connectivity index (χ2v) is 9.69. The summed E-state index contributed by atoms with van der Waals surface area (Å²) in [6.45, 7) is 7.64. The second-order valence-electron chi connectivity index (χ2n) is 6.50. The van der Waals surface area contributed by atoms with Crippen molar-refractivity contribution in [3.63, 3.8) is 0 Å². The normalized spacial score (nSPS) is 18.0. The third-order valence-electron chi connectivity index (χ3n) is 4.40. The lowest BCUT2D eigenvalue weighted by molar-refractivity contribution is -0.129. The Morgan fingerprint density at radius 2 is 2.11 bits per heavy atom. The van der Waals surface area contributed by atoms with Crippen molar-refractivity contribution in [1.29, 1.82) is 0 Å². The van der Waals surface area contributed by atoms with Gasteiger partial charge < -0.3 is 15.5 Å². The first-order chi connectivity index (χ1) is 12.8. The number of sulfonamides is 1. The van der Waals surface area contributed by atoms with Gasteiger partial charge in [0.1, 0.15) is 0 Å². The van der Waals surface area contributed by atoms with Crippen LogP contribution in [0.3, 0.4) is 0 Å². The van der Waals surface area contributed by atoms with Gasteiger partial charge in [0.25, 0.3) is 0 Å². The minimum Gasteiger partial charge on any atom is -0.355 e. The molecule has 10 heteroatoms. The van der Waals surface area contributed by atoms with Crippen molar-refractivity contribution in [2.45, 2.75) is 44.6 Å². The Kier molecular flexibility index (Phi) is 7.63. The Labute approximate surface area is 165 Å². The van der Waals surface area contributed by atoms with Crippen molar-refractivity contribution in [1.82, 2.24) is 20.3 Å². The van der Waals surface area contributed by atoms with Crippen LogP contribution in [0.15, 0.2) is 16.0 Å². The summed E-state index contributed by atoms with van der Waals surface area (Å²) in [6.07, 6.45) is 1.39. The zero-order valence-corrected chi connectivity index (χ0v) is 18.0. The summed E-state index contributed by atoms with van der Waals surface area (Å²) in [5, 5.41) is 6.40. The minimum absolute atomic E-state index is 0.153. The highest BCUT2D eigenvalue weighted by Gasteiger charge is 2.25. The number of nitrogens with zero attached hydrogens (tertiary/aromatic N) is 2. The first-order valence-corrected chi connectivity index (χ1v) is 11.4. The van der Waals surface area contributed by atoms with Gasteiger partial charge in [0.15, 0.2) is 5.96 Å². The van der Waals surface area contributed by atoms with E-state index in [-0.39, 0.29) is 18.5 Å². The van der Waals surface area contributed by atoms with E-state index in [0.29, 0.717) is 30.4 Å². The van der Waals surface area contributed by atoms with Crippen LogP contribution in [0.2, 0.25) is 0 Å². The molecule has 0 saturated carbocycles. The largest absolute Gasteiger partial charge is 0.355 e. The Morgan fingerprint density at radius 3 is 2.70 bits per heavy atom. The highest BCUT2D eigenvalue weighted by Crippen LogP contribution is 2.24. The molecule has 1 atom stereocenters. The van der Waals surface area contributed by atoms with Crippen LogP contribution < -0.4 is 15.4 Å². The number of carbonyl (C=O) groups excluding carboxylic acids is 1. The van der Waals surface area contributed by atoms with Crippen LogP contribution in [-0.2, 0) is 14.8 Å². The number of aliphatic imine (C=N–C) groups is 1. The fraction of sp³-hybridized carbons (Fsp3) is 0.647. The van der Waals surface area contributed by atoms with Crippen LogP contribution >= 0.6 is 11.3 Å². The number of aryl methyl sites for hydroxylation is 2. The molecule has 1 aliphatic rings. The molecule has 0 bridgehead atoms. The number of rotatable bonds is 7. The van der Waals surface area contributed by atoms with Crippen molar-refractivity contribution in [3.8, 4) is 0 Å². The van der Waals surface area contributed by atoms with Crippen molar-refractivity contribution < 1.29 is 13.2 Å². The number of guanidine groups is 1. The van der Waals surface area contributed by atoms with Gasteiger partial charge in [0.2, 0.25) is 15.9 Å². The van der Waals surface area contributed by atoms with Crippen LogP contribution in [0.4, 0.5) is 0 Å². The van der Waals surface area contributed by atoms with Gasteiger partial charge in [-0.05, 0) is 26.3 Å². The van der Waals surface area contributed by atoms with Gasteiger partial charge in [-0.1, -0.05) is 6.92 Å². The smallest absolute Gasteiger partial charge is 0.241 e. The van der Waals surface area contributed by atoms with Gasteiger partial charge in [-0.15, -0.1) is 11.3 Å². The lowest BCUT2D eigenvalue weighted by atomic mass is 10.3. The number of thiophene rings is 1. The lowest BCUT2D eigenvalue weighted by Crippen LogP contribution is -2.46.